The van der Waals surface area contributed by atoms with Crippen molar-refractivity contribution in [3.8, 4) is 11.6 Å². The van der Waals surface area contributed by atoms with Crippen LogP contribution in [0.1, 0.15) is 54.1 Å². The lowest BCUT2D eigenvalue weighted by Gasteiger charge is -2.39. The normalized spacial score (nSPS) is 16.9. The Labute approximate surface area is 185 Å². The number of nitrogens with zero attached hydrogens (tertiary/aromatic N) is 2. The fraction of sp³-hybridized carbons (Fsp3) is 0.478. The zero-order chi connectivity index (χ0) is 22.1. The second-order valence-electron chi connectivity index (χ2n) is 8.62. The average Bonchev–Trinajstić information content (AvgIpc) is 3.50. The first-order valence-corrected chi connectivity index (χ1v) is 10.9. The van der Waals surface area contributed by atoms with Gasteiger partial charge in [-0.2, -0.15) is 0 Å². The van der Waals surface area contributed by atoms with Gasteiger partial charge in [0.2, 0.25) is 5.88 Å². The van der Waals surface area contributed by atoms with Crippen molar-refractivity contribution in [2.75, 3.05) is 19.7 Å². The molecule has 1 N–H and O–H groups in total. The van der Waals surface area contributed by atoms with Crippen molar-refractivity contribution in [2.45, 2.75) is 45.3 Å². The van der Waals surface area contributed by atoms with E-state index in [1.807, 2.05) is 19.9 Å². The van der Waals surface area contributed by atoms with Crippen LogP contribution in [-0.2, 0) is 6.54 Å². The van der Waals surface area contributed by atoms with Crippen LogP contribution in [-0.4, -0.2) is 46.8 Å². The van der Waals surface area contributed by atoms with Crippen LogP contribution < -0.4 is 9.47 Å². The van der Waals surface area contributed by atoms with Gasteiger partial charge in [0.25, 0.3) is 0 Å². The molecule has 1 saturated heterocycles. The topological polar surface area (TPSA) is 71.9 Å². The summed E-state index contributed by atoms with van der Waals surface area (Å²) < 4.78 is 25.6. The number of carbonyl (C=O) groups is 1. The highest BCUT2D eigenvalue weighted by Crippen LogP contribution is 2.45. The predicted octanol–water partition coefficient (Wildman–Crippen LogP) is 4.75. The Morgan fingerprint density at radius 3 is 2.68 bits per heavy atom. The van der Waals surface area contributed by atoms with E-state index in [2.05, 4.69) is 9.88 Å². The van der Waals surface area contributed by atoms with Gasteiger partial charge in [-0.3, -0.25) is 4.90 Å². The largest absolute Gasteiger partial charge is 0.493 e. The van der Waals surface area contributed by atoms with Gasteiger partial charge in [-0.05, 0) is 55.9 Å². The van der Waals surface area contributed by atoms with Crippen LogP contribution >= 0.6 is 11.6 Å². The number of pyridine rings is 1. The number of rotatable bonds is 9. The molecule has 0 unspecified atom stereocenters. The van der Waals surface area contributed by atoms with Crippen molar-refractivity contribution in [1.29, 1.82) is 0 Å². The number of carboxylic acids is 1. The minimum atomic E-state index is -1.25. The van der Waals surface area contributed by atoms with Gasteiger partial charge in [0.05, 0.1) is 18.3 Å². The van der Waals surface area contributed by atoms with E-state index in [1.165, 1.54) is 12.1 Å². The Bertz CT molecular complexity index is 974. The summed E-state index contributed by atoms with van der Waals surface area (Å²) in [6, 6.07) is 4.54. The first kappa shape index (κ1) is 21.8. The van der Waals surface area contributed by atoms with Crippen LogP contribution in [0.2, 0.25) is 5.02 Å². The van der Waals surface area contributed by atoms with E-state index in [-0.39, 0.29) is 17.6 Å². The van der Waals surface area contributed by atoms with Crippen LogP contribution in [0.4, 0.5) is 4.39 Å². The number of hydrogen-bond acceptors (Lipinski definition) is 5. The Morgan fingerprint density at radius 1 is 1.32 bits per heavy atom. The van der Waals surface area contributed by atoms with Crippen molar-refractivity contribution in [2.24, 2.45) is 5.92 Å². The van der Waals surface area contributed by atoms with Crippen LogP contribution in [0.25, 0.3) is 0 Å². The second kappa shape index (κ2) is 9.01. The lowest BCUT2D eigenvalue weighted by Crippen LogP contribution is -2.48. The molecule has 0 radical (unpaired) electrons. The fourth-order valence-corrected chi connectivity index (χ4v) is 4.05. The Morgan fingerprint density at radius 2 is 2.06 bits per heavy atom. The second-order valence-corrected chi connectivity index (χ2v) is 9.02. The van der Waals surface area contributed by atoms with E-state index in [9.17, 15) is 9.18 Å². The molecular weight excluding hydrogens is 423 g/mol. The molecule has 31 heavy (non-hydrogen) atoms. The molecule has 2 aromatic rings. The van der Waals surface area contributed by atoms with Gasteiger partial charge in [-0.25, -0.2) is 14.2 Å². The summed E-state index contributed by atoms with van der Waals surface area (Å²) in [6.45, 7) is 6.78. The molecule has 4 rings (SSSR count). The van der Waals surface area contributed by atoms with E-state index < -0.39 is 11.8 Å². The Balaban J connectivity index is 1.30. The van der Waals surface area contributed by atoms with Gasteiger partial charge in [0.15, 0.2) is 0 Å². The fourth-order valence-electron chi connectivity index (χ4n) is 3.81. The van der Waals surface area contributed by atoms with E-state index in [0.717, 1.165) is 43.6 Å². The molecule has 1 saturated carbocycles. The first-order valence-electron chi connectivity index (χ1n) is 10.5. The quantitative estimate of drug-likeness (QED) is 0.597. The number of benzene rings is 1. The van der Waals surface area contributed by atoms with Gasteiger partial charge >= 0.3 is 5.97 Å². The van der Waals surface area contributed by atoms with Gasteiger partial charge in [-0.1, -0.05) is 11.6 Å². The van der Waals surface area contributed by atoms with Crippen LogP contribution in [0.5, 0.6) is 11.6 Å². The summed E-state index contributed by atoms with van der Waals surface area (Å²) in [5.41, 5.74) is 1.53. The molecule has 0 spiro atoms. The molecule has 1 aliphatic carbocycles. The van der Waals surface area contributed by atoms with Gasteiger partial charge in [0.1, 0.15) is 16.6 Å². The molecular formula is C23H26ClFN2O4. The highest BCUT2D eigenvalue weighted by molar-refractivity contribution is 6.31. The van der Waals surface area contributed by atoms with Crippen molar-refractivity contribution in [3.05, 3.63) is 51.9 Å². The van der Waals surface area contributed by atoms with Gasteiger partial charge < -0.3 is 14.6 Å². The third-order valence-electron chi connectivity index (χ3n) is 5.47. The minimum absolute atomic E-state index is 0.0150. The predicted molar refractivity (Wildman–Crippen MR) is 115 cm³/mol. The molecule has 6 nitrogen and oxygen atoms in total. The molecule has 2 fully saturated rings. The smallest absolute Gasteiger partial charge is 0.338 e. The SMILES string of the molecule is CC(C)Oc1ncc(CN2CC(COc3cc(F)c(C(=O)O)cc3C3CC3)C2)cc1Cl. The zero-order valence-corrected chi connectivity index (χ0v) is 18.4. The van der Waals surface area contributed by atoms with E-state index in [4.69, 9.17) is 26.2 Å². The summed E-state index contributed by atoms with van der Waals surface area (Å²) in [4.78, 5) is 17.8. The summed E-state index contributed by atoms with van der Waals surface area (Å²) in [5, 5.41) is 9.67. The Kier molecular flexibility index (Phi) is 6.34. The minimum Gasteiger partial charge on any atom is -0.493 e. The van der Waals surface area contributed by atoms with E-state index in [1.54, 1.807) is 6.20 Å². The summed E-state index contributed by atoms with van der Waals surface area (Å²) in [5.74, 6) is -0.480. The third-order valence-corrected chi connectivity index (χ3v) is 5.74. The lowest BCUT2D eigenvalue weighted by atomic mass is 10.00. The van der Waals surface area contributed by atoms with Crippen LogP contribution in [0.15, 0.2) is 24.4 Å². The molecule has 1 aromatic carbocycles. The number of carboxylic acid groups (broad SMARTS) is 1. The average molecular weight is 449 g/mol. The number of hydrogen-bond donors (Lipinski definition) is 1. The molecule has 2 heterocycles. The van der Waals surface area contributed by atoms with Crippen LogP contribution in [0, 0.1) is 11.7 Å². The number of aromatic carboxylic acids is 1. The summed E-state index contributed by atoms with van der Waals surface area (Å²) >= 11 is 6.26. The standard InChI is InChI=1S/C23H26ClFN2O4/c1-13(2)31-22-19(24)5-14(8-26-22)9-27-10-15(11-27)12-30-21-7-20(25)18(23(28)29)6-17(21)16-3-4-16/h5-8,13,15-16H,3-4,9-12H2,1-2H3,(H,28,29). The van der Waals surface area contributed by atoms with Gasteiger partial charge in [0, 0.05) is 37.8 Å². The molecule has 8 heteroatoms. The molecule has 0 amide bonds. The monoisotopic (exact) mass is 448 g/mol. The van der Waals surface area contributed by atoms with Gasteiger partial charge in [-0.15, -0.1) is 0 Å². The third kappa shape index (κ3) is 5.28. The molecule has 166 valence electrons. The Hall–Kier alpha value is -2.38. The van der Waals surface area contributed by atoms with E-state index in [0.29, 0.717) is 29.2 Å². The molecule has 0 atom stereocenters. The lowest BCUT2D eigenvalue weighted by molar-refractivity contribution is 0.0552. The first-order chi connectivity index (χ1) is 14.8. The molecule has 1 aromatic heterocycles. The highest BCUT2D eigenvalue weighted by atomic mass is 35.5. The number of aromatic nitrogens is 1. The van der Waals surface area contributed by atoms with Crippen molar-refractivity contribution in [3.63, 3.8) is 0 Å². The highest BCUT2D eigenvalue weighted by Gasteiger charge is 2.31. The maximum absolute atomic E-state index is 14.1. The molecule has 0 bridgehead atoms. The zero-order valence-electron chi connectivity index (χ0n) is 17.6. The van der Waals surface area contributed by atoms with Crippen molar-refractivity contribution < 1.29 is 23.8 Å². The maximum atomic E-state index is 14.1. The number of ether oxygens (including phenoxy) is 2. The summed E-state index contributed by atoms with van der Waals surface area (Å²) in [7, 11) is 0. The van der Waals surface area contributed by atoms with Crippen LogP contribution in [0.3, 0.4) is 0 Å². The molecule has 2 aliphatic rings. The molecule has 1 aliphatic heterocycles. The van der Waals surface area contributed by atoms with Crippen molar-refractivity contribution in [1.82, 2.24) is 9.88 Å². The number of likely N-dealkylation sites (tertiary alicyclic amines) is 1. The maximum Gasteiger partial charge on any atom is 0.338 e. The van der Waals surface area contributed by atoms with Crippen molar-refractivity contribution >= 4 is 17.6 Å². The van der Waals surface area contributed by atoms with E-state index >= 15 is 0 Å². The number of halogens is 2. The summed E-state index contributed by atoms with van der Waals surface area (Å²) in [6.07, 6.45) is 3.76.